The molecule has 36 heavy (non-hydrogen) atoms. The van der Waals surface area contributed by atoms with Crippen LogP contribution in [-0.2, 0) is 17.5 Å². The lowest BCUT2D eigenvalue weighted by Crippen LogP contribution is -2.52. The number of hydrogen-bond donors (Lipinski definition) is 0. The highest BCUT2D eigenvalue weighted by Crippen LogP contribution is 2.47. The van der Waals surface area contributed by atoms with Gasteiger partial charge in [-0.1, -0.05) is 0 Å². The Balaban J connectivity index is 1.38. The third-order valence-corrected chi connectivity index (χ3v) is 6.98. The molecule has 5 heterocycles. The summed E-state index contributed by atoms with van der Waals surface area (Å²) < 4.78 is 66.5. The smallest absolute Gasteiger partial charge is 0.350 e. The molecule has 0 radical (unpaired) electrons. The summed E-state index contributed by atoms with van der Waals surface area (Å²) in [7, 11) is 0. The van der Waals surface area contributed by atoms with E-state index in [1.165, 1.54) is 11.1 Å². The first-order valence-electron chi connectivity index (χ1n) is 11.5. The summed E-state index contributed by atoms with van der Waals surface area (Å²) in [6, 6.07) is 1.61. The molecule has 192 valence electrons. The summed E-state index contributed by atoms with van der Waals surface area (Å²) >= 11 is 0. The third-order valence-electron chi connectivity index (χ3n) is 6.98. The van der Waals surface area contributed by atoms with Gasteiger partial charge in [-0.3, -0.25) is 9.69 Å². The molecule has 0 bridgehead atoms. The van der Waals surface area contributed by atoms with E-state index in [1.807, 2.05) is 18.7 Å². The fourth-order valence-corrected chi connectivity index (χ4v) is 5.77. The van der Waals surface area contributed by atoms with Gasteiger partial charge in [0.1, 0.15) is 23.7 Å². The van der Waals surface area contributed by atoms with Gasteiger partial charge in [0, 0.05) is 36.7 Å². The van der Waals surface area contributed by atoms with Gasteiger partial charge < -0.3 is 4.90 Å². The standard InChI is InChI=1S/C23H24F5N7O/c1-13-6-22(8-20(36)33(12-22)18-5-15(3-4-29-18)23(26,27)28)7-14(2)35(13)19-10-30-16-9-31-34(11-17(24)25)21(16)32-19/h3-5,9-10,13-14,17H,6-8,11-12H2,1-2H3. The minimum absolute atomic E-state index is 0.00181. The monoisotopic (exact) mass is 509 g/mol. The molecule has 2 aliphatic heterocycles. The lowest BCUT2D eigenvalue weighted by Gasteiger charge is -2.48. The van der Waals surface area contributed by atoms with Gasteiger partial charge in [0.25, 0.3) is 6.43 Å². The number of halogens is 5. The summed E-state index contributed by atoms with van der Waals surface area (Å²) in [6.45, 7) is 3.65. The van der Waals surface area contributed by atoms with Gasteiger partial charge >= 0.3 is 6.18 Å². The minimum Gasteiger partial charge on any atom is -0.350 e. The van der Waals surface area contributed by atoms with Crippen molar-refractivity contribution in [2.75, 3.05) is 16.3 Å². The SMILES string of the molecule is CC1CC2(CC(=O)N(c3cc(C(F)(F)F)ccn3)C2)CC(C)N1c1cnc2cnn(CC(F)F)c2n1. The highest BCUT2D eigenvalue weighted by Gasteiger charge is 2.50. The summed E-state index contributed by atoms with van der Waals surface area (Å²) in [6.07, 6.45) is -1.67. The summed E-state index contributed by atoms with van der Waals surface area (Å²) in [5.74, 6) is 0.263. The van der Waals surface area contributed by atoms with E-state index in [1.54, 1.807) is 6.20 Å². The average Bonchev–Trinajstić information content (AvgIpc) is 3.32. The number of anilines is 2. The van der Waals surface area contributed by atoms with Gasteiger partial charge in [0.15, 0.2) is 5.65 Å². The fraction of sp³-hybridized carbons (Fsp3) is 0.522. The minimum atomic E-state index is -4.53. The molecule has 2 unspecified atom stereocenters. The lowest BCUT2D eigenvalue weighted by atomic mass is 9.72. The van der Waals surface area contributed by atoms with E-state index in [0.717, 1.165) is 23.0 Å². The molecule has 0 N–H and O–H groups in total. The Labute approximate surface area is 203 Å². The van der Waals surface area contributed by atoms with Crippen molar-refractivity contribution < 1.29 is 26.7 Å². The molecule has 3 aromatic heterocycles. The van der Waals surface area contributed by atoms with E-state index in [4.69, 9.17) is 0 Å². The number of amides is 1. The number of rotatable bonds is 4. The molecular weight excluding hydrogens is 485 g/mol. The van der Waals surface area contributed by atoms with Crippen molar-refractivity contribution in [3.8, 4) is 0 Å². The van der Waals surface area contributed by atoms with Crippen LogP contribution in [0.4, 0.5) is 33.6 Å². The molecule has 13 heteroatoms. The van der Waals surface area contributed by atoms with Gasteiger partial charge in [-0.25, -0.2) is 28.4 Å². The van der Waals surface area contributed by atoms with Crippen LogP contribution >= 0.6 is 0 Å². The van der Waals surface area contributed by atoms with Crippen LogP contribution in [0.3, 0.4) is 0 Å². The van der Waals surface area contributed by atoms with Gasteiger partial charge in [-0.2, -0.15) is 18.3 Å². The van der Waals surface area contributed by atoms with Crippen molar-refractivity contribution >= 4 is 28.7 Å². The highest BCUT2D eigenvalue weighted by atomic mass is 19.4. The molecule has 2 atom stereocenters. The van der Waals surface area contributed by atoms with Gasteiger partial charge in [0.05, 0.1) is 18.0 Å². The molecule has 2 aliphatic rings. The van der Waals surface area contributed by atoms with Crippen LogP contribution in [0, 0.1) is 5.41 Å². The van der Waals surface area contributed by atoms with E-state index >= 15 is 0 Å². The molecule has 2 fully saturated rings. The predicted octanol–water partition coefficient (Wildman–Crippen LogP) is 4.31. The van der Waals surface area contributed by atoms with Crippen LogP contribution < -0.4 is 9.80 Å². The van der Waals surface area contributed by atoms with Crippen LogP contribution in [0.5, 0.6) is 0 Å². The normalized spacial score (nSPS) is 25.1. The second-order valence-corrected chi connectivity index (χ2v) is 9.73. The number of carbonyl (C=O) groups excluding carboxylic acids is 1. The zero-order chi connectivity index (χ0) is 25.8. The van der Waals surface area contributed by atoms with Gasteiger partial charge in [-0.15, -0.1) is 0 Å². The first kappa shape index (κ1) is 24.3. The van der Waals surface area contributed by atoms with E-state index in [-0.39, 0.29) is 42.4 Å². The van der Waals surface area contributed by atoms with Crippen molar-refractivity contribution in [3.63, 3.8) is 0 Å². The number of carbonyl (C=O) groups is 1. The first-order valence-corrected chi connectivity index (χ1v) is 11.5. The Morgan fingerprint density at radius 1 is 1.11 bits per heavy atom. The first-order chi connectivity index (χ1) is 17.0. The lowest BCUT2D eigenvalue weighted by molar-refractivity contribution is -0.137. The molecular formula is C23H24F5N7O. The van der Waals surface area contributed by atoms with Crippen LogP contribution in [0.15, 0.2) is 30.7 Å². The van der Waals surface area contributed by atoms with Crippen molar-refractivity contribution in [1.82, 2.24) is 24.7 Å². The van der Waals surface area contributed by atoms with E-state index in [9.17, 15) is 26.7 Å². The van der Waals surface area contributed by atoms with Crippen molar-refractivity contribution in [2.24, 2.45) is 5.41 Å². The van der Waals surface area contributed by atoms with Crippen LogP contribution in [-0.4, -0.2) is 55.7 Å². The van der Waals surface area contributed by atoms with E-state index in [2.05, 4.69) is 20.1 Å². The predicted molar refractivity (Wildman–Crippen MR) is 121 cm³/mol. The Bertz CT molecular complexity index is 1280. The molecule has 1 spiro atoms. The fourth-order valence-electron chi connectivity index (χ4n) is 5.77. The topological polar surface area (TPSA) is 80.0 Å². The number of piperidine rings is 1. The van der Waals surface area contributed by atoms with Crippen LogP contribution in [0.1, 0.15) is 38.7 Å². The number of aromatic nitrogens is 5. The second-order valence-electron chi connectivity index (χ2n) is 9.73. The van der Waals surface area contributed by atoms with E-state index < -0.39 is 30.1 Å². The quantitative estimate of drug-likeness (QED) is 0.488. The van der Waals surface area contributed by atoms with Gasteiger partial charge in [-0.05, 0) is 38.8 Å². The molecule has 2 saturated heterocycles. The summed E-state index contributed by atoms with van der Waals surface area (Å²) in [4.78, 5) is 29.3. The molecule has 5 rings (SSSR count). The van der Waals surface area contributed by atoms with E-state index in [0.29, 0.717) is 24.2 Å². The van der Waals surface area contributed by atoms with Crippen molar-refractivity contribution in [2.45, 2.75) is 64.3 Å². The largest absolute Gasteiger partial charge is 0.416 e. The molecule has 0 aliphatic carbocycles. The van der Waals surface area contributed by atoms with Crippen LogP contribution in [0.2, 0.25) is 0 Å². The maximum atomic E-state index is 13.2. The van der Waals surface area contributed by atoms with Gasteiger partial charge in [0.2, 0.25) is 5.91 Å². The Kier molecular flexibility index (Phi) is 5.83. The number of pyridine rings is 1. The average molecular weight is 509 g/mol. The third kappa shape index (κ3) is 4.35. The highest BCUT2D eigenvalue weighted by molar-refractivity contribution is 5.95. The molecule has 3 aromatic rings. The molecule has 0 saturated carbocycles. The number of nitrogens with zero attached hydrogens (tertiary/aromatic N) is 7. The molecule has 1 amide bonds. The number of hydrogen-bond acceptors (Lipinski definition) is 6. The zero-order valence-corrected chi connectivity index (χ0v) is 19.6. The Hall–Kier alpha value is -3.38. The molecule has 0 aromatic carbocycles. The Morgan fingerprint density at radius 2 is 1.83 bits per heavy atom. The van der Waals surface area contributed by atoms with Crippen molar-refractivity contribution in [1.29, 1.82) is 0 Å². The summed E-state index contributed by atoms with van der Waals surface area (Å²) in [5.41, 5.74) is -0.598. The maximum absolute atomic E-state index is 13.2. The number of alkyl halides is 5. The number of fused-ring (bicyclic) bond motifs is 1. The zero-order valence-electron chi connectivity index (χ0n) is 19.6. The van der Waals surface area contributed by atoms with Crippen molar-refractivity contribution in [3.05, 3.63) is 36.3 Å². The maximum Gasteiger partial charge on any atom is 0.416 e. The molecule has 8 nitrogen and oxygen atoms in total. The van der Waals surface area contributed by atoms with Crippen LogP contribution in [0.25, 0.3) is 11.2 Å². The Morgan fingerprint density at radius 3 is 2.50 bits per heavy atom. The summed E-state index contributed by atoms with van der Waals surface area (Å²) in [5, 5.41) is 3.96. The second kappa shape index (κ2) is 8.63.